The topological polar surface area (TPSA) is 70.6 Å². The maximum Gasteiger partial charge on any atom is 0.191 e. The van der Waals surface area contributed by atoms with Gasteiger partial charge in [0.1, 0.15) is 9.84 Å². The number of halogens is 2. The largest absolute Gasteiger partial charge is 0.357 e. The van der Waals surface area contributed by atoms with E-state index in [2.05, 4.69) is 30.5 Å². The molecule has 0 spiro atoms. The zero-order chi connectivity index (χ0) is 20.1. The van der Waals surface area contributed by atoms with Crippen molar-refractivity contribution in [3.8, 4) is 0 Å². The van der Waals surface area contributed by atoms with Crippen LogP contribution in [0.3, 0.4) is 0 Å². The molecule has 0 radical (unpaired) electrons. The molecular weight excluding hydrogens is 509 g/mol. The maximum absolute atomic E-state index is 11.6. The van der Waals surface area contributed by atoms with E-state index in [1.54, 1.807) is 0 Å². The minimum absolute atomic E-state index is 0. The molecule has 2 rings (SSSR count). The van der Waals surface area contributed by atoms with Crippen LogP contribution >= 0.6 is 35.6 Å². The van der Waals surface area contributed by atoms with E-state index < -0.39 is 9.84 Å². The lowest BCUT2D eigenvalue weighted by Gasteiger charge is -2.24. The zero-order valence-electron chi connectivity index (χ0n) is 17.2. The van der Waals surface area contributed by atoms with Crippen molar-refractivity contribution >= 4 is 51.4 Å². The zero-order valence-corrected chi connectivity index (χ0v) is 21.1. The Kier molecular flexibility index (Phi) is 9.54. The molecule has 0 atom stereocenters. The highest BCUT2D eigenvalue weighted by Gasteiger charge is 2.45. The van der Waals surface area contributed by atoms with Crippen molar-refractivity contribution in [2.45, 2.75) is 40.0 Å². The van der Waals surface area contributed by atoms with Crippen LogP contribution in [-0.2, 0) is 16.3 Å². The fourth-order valence-electron chi connectivity index (χ4n) is 3.27. The lowest BCUT2D eigenvalue weighted by Crippen LogP contribution is -2.42. The van der Waals surface area contributed by atoms with Crippen molar-refractivity contribution in [2.24, 2.45) is 15.8 Å². The van der Waals surface area contributed by atoms with Gasteiger partial charge in [0.2, 0.25) is 0 Å². The molecule has 1 fully saturated rings. The van der Waals surface area contributed by atoms with Crippen molar-refractivity contribution < 1.29 is 8.42 Å². The quantitative estimate of drug-likeness (QED) is 0.283. The van der Waals surface area contributed by atoms with Crippen LogP contribution in [0.4, 0.5) is 0 Å². The first kappa shape index (κ1) is 25.5. The van der Waals surface area contributed by atoms with Crippen LogP contribution in [0.15, 0.2) is 29.3 Å². The Morgan fingerprint density at radius 3 is 2.50 bits per heavy atom. The third kappa shape index (κ3) is 9.31. The summed E-state index contributed by atoms with van der Waals surface area (Å²) in [7, 11) is -2.96. The molecule has 5 nitrogen and oxygen atoms in total. The molecule has 0 unspecified atom stereocenters. The number of nitrogens with zero attached hydrogens (tertiary/aromatic N) is 1. The molecule has 1 aromatic rings. The average molecular weight is 542 g/mol. The van der Waals surface area contributed by atoms with Crippen molar-refractivity contribution in [3.05, 3.63) is 34.9 Å². The van der Waals surface area contributed by atoms with Gasteiger partial charge in [-0.05, 0) is 49.3 Å². The third-order valence-electron chi connectivity index (χ3n) is 4.74. The van der Waals surface area contributed by atoms with Gasteiger partial charge in [-0.2, -0.15) is 0 Å². The van der Waals surface area contributed by atoms with Gasteiger partial charge in [-0.1, -0.05) is 37.6 Å². The van der Waals surface area contributed by atoms with Crippen LogP contribution in [-0.4, -0.2) is 46.0 Å². The summed E-state index contributed by atoms with van der Waals surface area (Å²) in [5.74, 6) is 0.989. The second-order valence-corrected chi connectivity index (χ2v) is 11.2. The van der Waals surface area contributed by atoms with E-state index in [4.69, 9.17) is 16.6 Å². The summed E-state index contributed by atoms with van der Waals surface area (Å²) in [6.45, 7) is 8.46. The molecule has 8 heteroatoms. The number of hydrogen-bond acceptors (Lipinski definition) is 3. The number of nitrogens with one attached hydrogen (secondary N) is 2. The number of hydrogen-bond donors (Lipinski definition) is 2. The Bertz CT molecular complexity index is 777. The predicted molar refractivity (Wildman–Crippen MR) is 130 cm³/mol. The van der Waals surface area contributed by atoms with Crippen LogP contribution in [0.25, 0.3) is 0 Å². The molecule has 28 heavy (non-hydrogen) atoms. The fourth-order valence-corrected chi connectivity index (χ4v) is 4.98. The fraction of sp³-hybridized carbons (Fsp3) is 0.650. The molecule has 0 aromatic heterocycles. The Labute approximate surface area is 192 Å². The summed E-state index contributed by atoms with van der Waals surface area (Å²) >= 11 is 6.09. The Morgan fingerprint density at radius 2 is 1.96 bits per heavy atom. The normalized spacial score (nSPS) is 16.2. The van der Waals surface area contributed by atoms with Crippen LogP contribution in [0.5, 0.6) is 0 Å². The second-order valence-electron chi connectivity index (χ2n) is 8.59. The van der Waals surface area contributed by atoms with Crippen LogP contribution < -0.4 is 10.6 Å². The number of guanidine groups is 1. The van der Waals surface area contributed by atoms with Crippen molar-refractivity contribution in [1.29, 1.82) is 0 Å². The standard InChI is InChI=1S/C20H32ClN3O2S.HI/c1-5-22-18(24-14-20(9-10-20)15-27(4,25)26)23-13-19(2,3)12-16-7-6-8-17(21)11-16;/h6-8,11H,5,9-10,12-15H2,1-4H3,(H2,22,23,24);1H. The van der Waals surface area contributed by atoms with Gasteiger partial charge >= 0.3 is 0 Å². The van der Waals surface area contributed by atoms with E-state index in [1.807, 2.05) is 25.1 Å². The highest BCUT2D eigenvalue weighted by atomic mass is 127. The number of benzene rings is 1. The van der Waals surface area contributed by atoms with E-state index in [1.165, 1.54) is 11.8 Å². The van der Waals surface area contributed by atoms with Gasteiger partial charge in [-0.3, -0.25) is 4.99 Å². The molecule has 160 valence electrons. The minimum Gasteiger partial charge on any atom is -0.357 e. The Hall–Kier alpha value is -0.540. The molecule has 1 aromatic carbocycles. The van der Waals surface area contributed by atoms with Gasteiger partial charge in [-0.25, -0.2) is 8.42 Å². The molecule has 2 N–H and O–H groups in total. The van der Waals surface area contributed by atoms with Crippen molar-refractivity contribution in [1.82, 2.24) is 10.6 Å². The first-order valence-electron chi connectivity index (χ1n) is 9.47. The SMILES string of the molecule is CCNC(=NCC(C)(C)Cc1cccc(Cl)c1)NCC1(CS(C)(=O)=O)CC1.I. The van der Waals surface area contributed by atoms with Crippen molar-refractivity contribution in [3.63, 3.8) is 0 Å². The van der Waals surface area contributed by atoms with E-state index in [-0.39, 0.29) is 40.6 Å². The third-order valence-corrected chi connectivity index (χ3v) is 6.11. The van der Waals surface area contributed by atoms with E-state index in [0.29, 0.717) is 13.1 Å². The summed E-state index contributed by atoms with van der Waals surface area (Å²) in [6, 6.07) is 7.94. The summed E-state index contributed by atoms with van der Waals surface area (Å²) in [6.07, 6.45) is 4.10. The van der Waals surface area contributed by atoms with E-state index in [0.717, 1.165) is 36.8 Å². The molecule has 0 bridgehead atoms. The van der Waals surface area contributed by atoms with Gasteiger partial charge in [0.25, 0.3) is 0 Å². The minimum atomic E-state index is -2.96. The Balaban J connectivity index is 0.00000392. The van der Waals surface area contributed by atoms with Gasteiger partial charge in [0.05, 0.1) is 5.75 Å². The Morgan fingerprint density at radius 1 is 1.29 bits per heavy atom. The molecule has 1 saturated carbocycles. The van der Waals surface area contributed by atoms with Crippen LogP contribution in [0, 0.1) is 10.8 Å². The maximum atomic E-state index is 11.6. The van der Waals surface area contributed by atoms with Crippen LogP contribution in [0.1, 0.15) is 39.2 Å². The molecular formula is C20H33ClIN3O2S. The molecule has 0 aliphatic heterocycles. The summed E-state index contributed by atoms with van der Waals surface area (Å²) < 4.78 is 23.3. The van der Waals surface area contributed by atoms with Crippen LogP contribution in [0.2, 0.25) is 5.02 Å². The van der Waals surface area contributed by atoms with Gasteiger partial charge in [0.15, 0.2) is 5.96 Å². The molecule has 0 saturated heterocycles. The molecule has 0 amide bonds. The lowest BCUT2D eigenvalue weighted by atomic mass is 9.86. The van der Waals surface area contributed by atoms with Gasteiger partial charge in [-0.15, -0.1) is 24.0 Å². The number of sulfone groups is 1. The first-order chi connectivity index (χ1) is 12.5. The molecule has 1 aliphatic rings. The average Bonchev–Trinajstić information content (AvgIpc) is 3.27. The second kappa shape index (κ2) is 10.5. The predicted octanol–water partition coefficient (Wildman–Crippen LogP) is 3.91. The van der Waals surface area contributed by atoms with Crippen molar-refractivity contribution in [2.75, 3.05) is 31.6 Å². The highest BCUT2D eigenvalue weighted by molar-refractivity contribution is 14.0. The summed E-state index contributed by atoms with van der Waals surface area (Å²) in [5.41, 5.74) is 1.06. The number of aliphatic imine (C=N–C) groups is 1. The number of rotatable bonds is 9. The summed E-state index contributed by atoms with van der Waals surface area (Å²) in [5, 5.41) is 7.36. The van der Waals surface area contributed by atoms with Gasteiger partial charge in [0, 0.05) is 36.3 Å². The van der Waals surface area contributed by atoms with E-state index >= 15 is 0 Å². The molecule has 0 heterocycles. The van der Waals surface area contributed by atoms with E-state index in [9.17, 15) is 8.42 Å². The monoisotopic (exact) mass is 541 g/mol. The highest BCUT2D eigenvalue weighted by Crippen LogP contribution is 2.46. The first-order valence-corrected chi connectivity index (χ1v) is 11.9. The molecule has 1 aliphatic carbocycles. The smallest absolute Gasteiger partial charge is 0.191 e. The van der Waals surface area contributed by atoms with Gasteiger partial charge < -0.3 is 10.6 Å². The lowest BCUT2D eigenvalue weighted by molar-refractivity contribution is 0.376. The summed E-state index contributed by atoms with van der Waals surface area (Å²) in [4.78, 5) is 4.74.